The predicted octanol–water partition coefficient (Wildman–Crippen LogP) is 4.32. The van der Waals surface area contributed by atoms with Gasteiger partial charge in [0, 0.05) is 17.2 Å². The molecule has 106 valence electrons. The molecule has 2 aromatic carbocycles. The van der Waals surface area contributed by atoms with Crippen LogP contribution in [0.1, 0.15) is 0 Å². The molecule has 0 aliphatic rings. The van der Waals surface area contributed by atoms with Crippen LogP contribution in [0.2, 0.25) is 0 Å². The van der Waals surface area contributed by atoms with E-state index in [2.05, 4.69) is 36.5 Å². The molecule has 0 radical (unpaired) electrons. The van der Waals surface area contributed by atoms with Crippen molar-refractivity contribution < 1.29 is 4.39 Å². The van der Waals surface area contributed by atoms with Gasteiger partial charge in [0.25, 0.3) is 0 Å². The maximum atomic E-state index is 13.7. The first-order valence-corrected chi connectivity index (χ1v) is 7.11. The molecule has 0 aliphatic heterocycles. The zero-order valence-electron chi connectivity index (χ0n) is 11.2. The highest BCUT2D eigenvalue weighted by molar-refractivity contribution is 9.10. The van der Waals surface area contributed by atoms with Gasteiger partial charge in [0.05, 0.1) is 6.20 Å². The molecule has 1 aromatic heterocycles. The lowest BCUT2D eigenvalue weighted by atomic mass is 10.1. The zero-order chi connectivity index (χ0) is 14.8. The maximum Gasteiger partial charge on any atom is 0.224 e. The summed E-state index contributed by atoms with van der Waals surface area (Å²) >= 11 is 3.44. The SMILES string of the molecule is CNc1ncc(F)c(Nc2ccc3cc(Br)ccc3c2)n1. The second-order valence-electron chi connectivity index (χ2n) is 4.47. The lowest BCUT2D eigenvalue weighted by Crippen LogP contribution is -2.02. The summed E-state index contributed by atoms with van der Waals surface area (Å²) in [6.07, 6.45) is 1.14. The van der Waals surface area contributed by atoms with Gasteiger partial charge < -0.3 is 10.6 Å². The number of nitrogens with one attached hydrogen (secondary N) is 2. The molecular formula is C15H12BrFN4. The number of nitrogens with zero attached hydrogens (tertiary/aromatic N) is 2. The maximum absolute atomic E-state index is 13.7. The van der Waals surface area contributed by atoms with Gasteiger partial charge in [0.1, 0.15) is 0 Å². The monoisotopic (exact) mass is 346 g/mol. The van der Waals surface area contributed by atoms with Crippen LogP contribution in [0.15, 0.2) is 47.1 Å². The van der Waals surface area contributed by atoms with Crippen LogP contribution in [-0.4, -0.2) is 17.0 Å². The number of aromatic nitrogens is 2. The van der Waals surface area contributed by atoms with E-state index in [0.29, 0.717) is 5.95 Å². The summed E-state index contributed by atoms with van der Waals surface area (Å²) in [7, 11) is 1.69. The fourth-order valence-electron chi connectivity index (χ4n) is 2.01. The molecule has 3 rings (SSSR count). The largest absolute Gasteiger partial charge is 0.357 e. The predicted molar refractivity (Wildman–Crippen MR) is 86.5 cm³/mol. The molecule has 1 heterocycles. The first kappa shape index (κ1) is 13.8. The van der Waals surface area contributed by atoms with Crippen molar-refractivity contribution in [3.63, 3.8) is 0 Å². The topological polar surface area (TPSA) is 49.8 Å². The molecule has 0 atom stereocenters. The molecule has 6 heteroatoms. The molecule has 4 nitrogen and oxygen atoms in total. The van der Waals surface area contributed by atoms with E-state index in [1.54, 1.807) is 7.05 Å². The van der Waals surface area contributed by atoms with Crippen molar-refractivity contribution in [1.82, 2.24) is 9.97 Å². The summed E-state index contributed by atoms with van der Waals surface area (Å²) in [5.41, 5.74) is 0.768. The Balaban J connectivity index is 1.96. The highest BCUT2D eigenvalue weighted by Crippen LogP contribution is 2.25. The minimum absolute atomic E-state index is 0.144. The molecule has 3 aromatic rings. The fraction of sp³-hybridized carbons (Fsp3) is 0.0667. The van der Waals surface area contributed by atoms with E-state index < -0.39 is 5.82 Å². The second-order valence-corrected chi connectivity index (χ2v) is 5.39. The van der Waals surface area contributed by atoms with E-state index in [-0.39, 0.29) is 5.82 Å². The highest BCUT2D eigenvalue weighted by Gasteiger charge is 2.07. The summed E-state index contributed by atoms with van der Waals surface area (Å²) in [6.45, 7) is 0. The molecule has 0 saturated carbocycles. The third kappa shape index (κ3) is 2.95. The Morgan fingerprint density at radius 2 is 1.86 bits per heavy atom. The summed E-state index contributed by atoms with van der Waals surface area (Å²) < 4.78 is 14.8. The van der Waals surface area contributed by atoms with E-state index in [9.17, 15) is 4.39 Å². The zero-order valence-corrected chi connectivity index (χ0v) is 12.8. The van der Waals surface area contributed by atoms with Crippen LogP contribution in [0.25, 0.3) is 10.8 Å². The molecule has 0 bridgehead atoms. The second kappa shape index (κ2) is 5.65. The van der Waals surface area contributed by atoms with Crippen molar-refractivity contribution in [3.05, 3.63) is 52.9 Å². The number of hydrogen-bond donors (Lipinski definition) is 2. The third-order valence-corrected chi connectivity index (χ3v) is 3.53. The van der Waals surface area contributed by atoms with Gasteiger partial charge >= 0.3 is 0 Å². The molecule has 0 unspecified atom stereocenters. The van der Waals surface area contributed by atoms with Crippen LogP contribution in [-0.2, 0) is 0 Å². The number of hydrogen-bond acceptors (Lipinski definition) is 4. The lowest BCUT2D eigenvalue weighted by Gasteiger charge is -2.09. The first-order valence-electron chi connectivity index (χ1n) is 6.32. The van der Waals surface area contributed by atoms with Gasteiger partial charge in [-0.15, -0.1) is 0 Å². The van der Waals surface area contributed by atoms with E-state index >= 15 is 0 Å². The van der Waals surface area contributed by atoms with Crippen molar-refractivity contribution in [2.24, 2.45) is 0 Å². The summed E-state index contributed by atoms with van der Waals surface area (Å²) in [4.78, 5) is 7.88. The Morgan fingerprint density at radius 3 is 2.67 bits per heavy atom. The summed E-state index contributed by atoms with van der Waals surface area (Å²) in [6, 6.07) is 11.8. The quantitative estimate of drug-likeness (QED) is 0.741. The van der Waals surface area contributed by atoms with Crippen molar-refractivity contribution in [2.45, 2.75) is 0 Å². The summed E-state index contributed by atoms with van der Waals surface area (Å²) in [5.74, 6) is 0.0133. The Labute approximate surface area is 129 Å². The third-order valence-electron chi connectivity index (χ3n) is 3.03. The highest BCUT2D eigenvalue weighted by atomic mass is 79.9. The van der Waals surface area contributed by atoms with Crippen LogP contribution in [0.5, 0.6) is 0 Å². The lowest BCUT2D eigenvalue weighted by molar-refractivity contribution is 0.619. The molecule has 0 aliphatic carbocycles. The molecule has 0 spiro atoms. The van der Waals surface area contributed by atoms with E-state index in [4.69, 9.17) is 0 Å². The normalized spacial score (nSPS) is 10.6. The number of anilines is 3. The van der Waals surface area contributed by atoms with Gasteiger partial charge in [-0.3, -0.25) is 0 Å². The average Bonchev–Trinajstić information content (AvgIpc) is 2.49. The van der Waals surface area contributed by atoms with Gasteiger partial charge in [-0.2, -0.15) is 4.98 Å². The van der Waals surface area contributed by atoms with Gasteiger partial charge in [0.15, 0.2) is 11.6 Å². The van der Waals surface area contributed by atoms with Gasteiger partial charge in [-0.05, 0) is 35.0 Å². The number of rotatable bonds is 3. The number of fused-ring (bicyclic) bond motifs is 1. The molecule has 0 fully saturated rings. The molecule has 21 heavy (non-hydrogen) atoms. The van der Waals surface area contributed by atoms with Gasteiger partial charge in [-0.25, -0.2) is 9.37 Å². The standard InChI is InChI=1S/C15H12BrFN4/c1-18-15-19-8-13(17)14(21-15)20-12-5-3-9-6-11(16)4-2-10(9)7-12/h2-8H,1H3,(H2,18,19,20,21). The minimum Gasteiger partial charge on any atom is -0.357 e. The van der Waals surface area contributed by atoms with E-state index in [0.717, 1.165) is 27.1 Å². The van der Waals surface area contributed by atoms with Gasteiger partial charge in [0.2, 0.25) is 5.95 Å². The number of halogens is 2. The van der Waals surface area contributed by atoms with E-state index in [1.165, 1.54) is 0 Å². The summed E-state index contributed by atoms with van der Waals surface area (Å²) in [5, 5.41) is 7.93. The Morgan fingerprint density at radius 1 is 1.10 bits per heavy atom. The molecule has 0 amide bonds. The Bertz CT molecular complexity index is 807. The van der Waals surface area contributed by atoms with Gasteiger partial charge in [-0.1, -0.05) is 28.1 Å². The molecular weight excluding hydrogens is 335 g/mol. The average molecular weight is 347 g/mol. The van der Waals surface area contributed by atoms with Crippen molar-refractivity contribution >= 4 is 44.2 Å². The van der Waals surface area contributed by atoms with Crippen molar-refractivity contribution in [1.29, 1.82) is 0 Å². The van der Waals surface area contributed by atoms with Crippen LogP contribution in [0.4, 0.5) is 21.8 Å². The van der Waals surface area contributed by atoms with Crippen LogP contribution >= 0.6 is 15.9 Å². The van der Waals surface area contributed by atoms with Crippen molar-refractivity contribution in [2.75, 3.05) is 17.7 Å². The van der Waals surface area contributed by atoms with E-state index in [1.807, 2.05) is 36.4 Å². The van der Waals surface area contributed by atoms with Crippen LogP contribution in [0, 0.1) is 5.82 Å². The van der Waals surface area contributed by atoms with Crippen molar-refractivity contribution in [3.8, 4) is 0 Å². The molecule has 0 saturated heterocycles. The first-order chi connectivity index (χ1) is 10.2. The minimum atomic E-state index is -0.495. The number of benzene rings is 2. The van der Waals surface area contributed by atoms with Crippen LogP contribution < -0.4 is 10.6 Å². The smallest absolute Gasteiger partial charge is 0.224 e. The fourth-order valence-corrected chi connectivity index (χ4v) is 2.39. The molecule has 2 N–H and O–H groups in total. The Kier molecular flexibility index (Phi) is 3.70. The van der Waals surface area contributed by atoms with Crippen LogP contribution in [0.3, 0.4) is 0 Å². The Hall–Kier alpha value is -2.21.